The molecule has 0 radical (unpaired) electrons. The van der Waals surface area contributed by atoms with Gasteiger partial charge in [-0.25, -0.2) is 4.79 Å². The van der Waals surface area contributed by atoms with E-state index in [4.69, 9.17) is 9.26 Å². The van der Waals surface area contributed by atoms with Crippen LogP contribution in [0.3, 0.4) is 0 Å². The Balaban J connectivity index is 1.69. The van der Waals surface area contributed by atoms with Gasteiger partial charge in [-0.1, -0.05) is 23.4 Å². The van der Waals surface area contributed by atoms with Crippen molar-refractivity contribution in [1.82, 2.24) is 10.1 Å². The molecular weight excluding hydrogens is 312 g/mol. The Morgan fingerprint density at radius 2 is 2.04 bits per heavy atom. The first-order valence-electron chi connectivity index (χ1n) is 7.87. The lowest BCUT2D eigenvalue weighted by Gasteiger charge is -2.25. The van der Waals surface area contributed by atoms with E-state index < -0.39 is 17.9 Å². The van der Waals surface area contributed by atoms with Crippen molar-refractivity contribution in [3.63, 3.8) is 0 Å². The molecule has 7 nitrogen and oxygen atoms in total. The summed E-state index contributed by atoms with van der Waals surface area (Å²) in [5.74, 6) is -0.678. The van der Waals surface area contributed by atoms with Crippen molar-refractivity contribution in [1.29, 1.82) is 0 Å². The van der Waals surface area contributed by atoms with E-state index in [1.807, 2.05) is 0 Å². The molecule has 1 atom stereocenters. The summed E-state index contributed by atoms with van der Waals surface area (Å²) in [6.45, 7) is 0.375. The van der Waals surface area contributed by atoms with Gasteiger partial charge in [-0.05, 0) is 18.9 Å². The lowest BCUT2D eigenvalue weighted by Crippen LogP contribution is -2.39. The van der Waals surface area contributed by atoms with Crippen LogP contribution in [-0.4, -0.2) is 40.2 Å². The normalized spacial score (nSPS) is 20.0. The van der Waals surface area contributed by atoms with Gasteiger partial charge in [-0.2, -0.15) is 0 Å². The second-order valence-electron chi connectivity index (χ2n) is 6.02. The molecule has 7 heteroatoms. The number of benzene rings is 1. The van der Waals surface area contributed by atoms with Crippen LogP contribution < -0.4 is 4.74 Å². The summed E-state index contributed by atoms with van der Waals surface area (Å²) in [5.41, 5.74) is 1.22. The fraction of sp³-hybridized carbons (Fsp3) is 0.353. The van der Waals surface area contributed by atoms with Gasteiger partial charge >= 0.3 is 5.97 Å². The molecule has 1 aliphatic carbocycles. The van der Waals surface area contributed by atoms with Crippen LogP contribution in [0, 0.1) is 0 Å². The van der Waals surface area contributed by atoms with Crippen molar-refractivity contribution >= 4 is 11.9 Å². The number of ether oxygens (including phenoxy) is 1. The lowest BCUT2D eigenvalue weighted by atomic mass is 10.0. The number of fused-ring (bicyclic) bond motifs is 1. The maximum absolute atomic E-state index is 12.8. The summed E-state index contributed by atoms with van der Waals surface area (Å²) in [7, 11) is 0. The summed E-state index contributed by atoms with van der Waals surface area (Å²) in [4.78, 5) is 25.9. The maximum Gasteiger partial charge on any atom is 0.331 e. The van der Waals surface area contributed by atoms with Crippen molar-refractivity contribution < 1.29 is 24.0 Å². The van der Waals surface area contributed by atoms with Crippen LogP contribution >= 0.6 is 0 Å². The highest BCUT2D eigenvalue weighted by Gasteiger charge is 2.37. The van der Waals surface area contributed by atoms with E-state index >= 15 is 0 Å². The van der Waals surface area contributed by atoms with Gasteiger partial charge in [0, 0.05) is 17.5 Å². The van der Waals surface area contributed by atoms with Gasteiger partial charge < -0.3 is 19.3 Å². The molecular formula is C17H16N2O5. The second kappa shape index (κ2) is 5.67. The molecule has 2 heterocycles. The molecule has 0 saturated heterocycles. The van der Waals surface area contributed by atoms with Crippen LogP contribution in [0.15, 0.2) is 34.9 Å². The molecule has 2 aromatic rings. The first-order chi connectivity index (χ1) is 11.6. The smallest absolute Gasteiger partial charge is 0.331 e. The van der Waals surface area contributed by atoms with E-state index in [1.165, 1.54) is 4.90 Å². The van der Waals surface area contributed by atoms with Gasteiger partial charge in [-0.3, -0.25) is 4.79 Å². The van der Waals surface area contributed by atoms with E-state index in [2.05, 4.69) is 5.16 Å². The number of carbonyl (C=O) groups is 2. The van der Waals surface area contributed by atoms with Crippen LogP contribution in [0.5, 0.6) is 5.75 Å². The number of carboxylic acids is 1. The first kappa shape index (κ1) is 14.7. The fourth-order valence-electron chi connectivity index (χ4n) is 2.98. The lowest BCUT2D eigenvalue weighted by molar-refractivity contribution is -0.142. The molecule has 1 aromatic heterocycles. The number of amides is 1. The minimum atomic E-state index is -1.12. The van der Waals surface area contributed by atoms with Crippen molar-refractivity contribution in [2.24, 2.45) is 0 Å². The quantitative estimate of drug-likeness (QED) is 0.928. The SMILES string of the molecule is O=C(O)C1c2ccccc2OCCN1C(=O)c1cc(C2CC2)no1. The van der Waals surface area contributed by atoms with E-state index in [9.17, 15) is 14.7 Å². The number of hydrogen-bond donors (Lipinski definition) is 1. The standard InChI is InChI=1S/C17H16N2O5/c20-16(14-9-12(18-24-14)10-5-6-10)19-7-8-23-13-4-2-1-3-11(13)15(19)17(21)22/h1-4,9-10,15H,5-8H2,(H,21,22). The Kier molecular flexibility index (Phi) is 3.48. The number of nitrogens with zero attached hydrogens (tertiary/aromatic N) is 2. The van der Waals surface area contributed by atoms with Gasteiger partial charge in [0.15, 0.2) is 6.04 Å². The summed E-state index contributed by atoms with van der Waals surface area (Å²) >= 11 is 0. The van der Waals surface area contributed by atoms with Crippen molar-refractivity contribution in [2.75, 3.05) is 13.2 Å². The number of hydrogen-bond acceptors (Lipinski definition) is 5. The minimum absolute atomic E-state index is 0.0718. The highest BCUT2D eigenvalue weighted by Crippen LogP contribution is 2.40. The number of carboxylic acid groups (broad SMARTS) is 1. The molecule has 24 heavy (non-hydrogen) atoms. The van der Waals surface area contributed by atoms with Crippen LogP contribution in [0.2, 0.25) is 0 Å². The van der Waals surface area contributed by atoms with E-state index in [1.54, 1.807) is 30.3 Å². The molecule has 1 fully saturated rings. The number of rotatable bonds is 3. The predicted octanol–water partition coefficient (Wildman–Crippen LogP) is 2.21. The van der Waals surface area contributed by atoms with Crippen molar-refractivity contribution in [2.45, 2.75) is 24.8 Å². The van der Waals surface area contributed by atoms with Crippen LogP contribution in [0.1, 0.15) is 46.6 Å². The van der Waals surface area contributed by atoms with E-state index in [0.717, 1.165) is 18.5 Å². The summed E-state index contributed by atoms with van der Waals surface area (Å²) in [6.07, 6.45) is 2.09. The molecule has 1 aromatic carbocycles. The average Bonchev–Trinajstić information content (AvgIpc) is 3.34. The summed E-state index contributed by atoms with van der Waals surface area (Å²) < 4.78 is 10.8. The zero-order valence-electron chi connectivity index (χ0n) is 12.8. The maximum atomic E-state index is 12.8. The fourth-order valence-corrected chi connectivity index (χ4v) is 2.98. The van der Waals surface area contributed by atoms with Gasteiger partial charge in [0.05, 0.1) is 12.2 Å². The van der Waals surface area contributed by atoms with Gasteiger partial charge in [-0.15, -0.1) is 0 Å². The Morgan fingerprint density at radius 1 is 1.25 bits per heavy atom. The molecule has 0 spiro atoms. The molecule has 1 N–H and O–H groups in total. The first-order valence-corrected chi connectivity index (χ1v) is 7.87. The Hall–Kier alpha value is -2.83. The van der Waals surface area contributed by atoms with Gasteiger partial charge in [0.25, 0.3) is 5.91 Å². The molecule has 124 valence electrons. The van der Waals surface area contributed by atoms with Gasteiger partial charge in [0.2, 0.25) is 5.76 Å². The third-order valence-electron chi connectivity index (χ3n) is 4.34. The highest BCUT2D eigenvalue weighted by atomic mass is 16.5. The van der Waals surface area contributed by atoms with Crippen molar-refractivity contribution in [3.8, 4) is 5.75 Å². The molecule has 1 aliphatic heterocycles. The monoisotopic (exact) mass is 328 g/mol. The van der Waals surface area contributed by atoms with Crippen molar-refractivity contribution in [3.05, 3.63) is 47.3 Å². The Morgan fingerprint density at radius 3 is 2.79 bits per heavy atom. The summed E-state index contributed by atoms with van der Waals surface area (Å²) in [5, 5.41) is 13.6. The molecule has 1 amide bonds. The van der Waals surface area contributed by atoms with Crippen LogP contribution in [0.25, 0.3) is 0 Å². The zero-order valence-corrected chi connectivity index (χ0v) is 12.8. The average molecular weight is 328 g/mol. The third kappa shape index (κ3) is 2.51. The molecule has 0 bridgehead atoms. The van der Waals surface area contributed by atoms with Crippen LogP contribution in [0.4, 0.5) is 0 Å². The molecule has 1 saturated carbocycles. The van der Waals surface area contributed by atoms with E-state index in [0.29, 0.717) is 17.2 Å². The van der Waals surface area contributed by atoms with Crippen LogP contribution in [-0.2, 0) is 4.79 Å². The Labute approximate surface area is 137 Å². The molecule has 1 unspecified atom stereocenters. The second-order valence-corrected chi connectivity index (χ2v) is 6.02. The van der Waals surface area contributed by atoms with E-state index in [-0.39, 0.29) is 18.9 Å². The number of aliphatic carboxylic acids is 1. The molecule has 2 aliphatic rings. The van der Waals surface area contributed by atoms with Gasteiger partial charge in [0.1, 0.15) is 12.4 Å². The highest BCUT2D eigenvalue weighted by molar-refractivity contribution is 5.95. The topological polar surface area (TPSA) is 92.9 Å². The number of para-hydroxylation sites is 1. The largest absolute Gasteiger partial charge is 0.491 e. The third-order valence-corrected chi connectivity index (χ3v) is 4.34. The number of aromatic nitrogens is 1. The Bertz CT molecular complexity index is 796. The minimum Gasteiger partial charge on any atom is -0.491 e. The zero-order chi connectivity index (χ0) is 16.7. The number of carbonyl (C=O) groups excluding carboxylic acids is 1. The summed E-state index contributed by atoms with van der Waals surface area (Å²) in [6, 6.07) is 7.37. The predicted molar refractivity (Wildman–Crippen MR) is 81.8 cm³/mol. The molecule has 4 rings (SSSR count).